The number of fused-ring (bicyclic) bond motifs is 1. The molecule has 0 saturated heterocycles. The summed E-state index contributed by atoms with van der Waals surface area (Å²) < 4.78 is 2.47. The lowest BCUT2D eigenvalue weighted by Gasteiger charge is -2.40. The quantitative estimate of drug-likeness (QED) is 0.134. The number of benzene rings is 5. The van der Waals surface area contributed by atoms with E-state index in [2.05, 4.69) is 162 Å². The molecule has 0 N–H and O–H groups in total. The zero-order chi connectivity index (χ0) is 33.4. The molecule has 1 aliphatic heterocycles. The van der Waals surface area contributed by atoms with E-state index in [0.29, 0.717) is 17.4 Å². The standard InChI is InChI=1S/C45H44N4/c1-34-47-33-45-44(27-26-43(49(34)45)40-24-22-35(32-46)23-25-40)48(30-28-41(36-14-6-2-7-15-36)37-16-8-3-9-17-37)31-29-42(38-18-10-4-11-19-38)39-20-12-5-13-21-39/h2-25,33,41-44H,26-31H2,1H3. The van der Waals surface area contributed by atoms with E-state index in [-0.39, 0.29) is 12.1 Å². The summed E-state index contributed by atoms with van der Waals surface area (Å²) in [4.78, 5) is 7.67. The predicted octanol–water partition coefficient (Wildman–Crippen LogP) is 10.2. The number of rotatable bonds is 12. The van der Waals surface area contributed by atoms with Crippen LogP contribution in [0.2, 0.25) is 0 Å². The third-order valence-electron chi connectivity index (χ3n) is 10.5. The fourth-order valence-electron chi connectivity index (χ4n) is 7.99. The molecule has 0 spiro atoms. The lowest BCUT2D eigenvalue weighted by molar-refractivity contribution is 0.150. The Morgan fingerprint density at radius 3 is 1.53 bits per heavy atom. The van der Waals surface area contributed by atoms with Gasteiger partial charge in [-0.15, -0.1) is 0 Å². The van der Waals surface area contributed by atoms with Crippen LogP contribution in [0.15, 0.2) is 152 Å². The molecular weight excluding hydrogens is 597 g/mol. The van der Waals surface area contributed by atoms with Crippen LogP contribution in [0.5, 0.6) is 0 Å². The van der Waals surface area contributed by atoms with Crippen LogP contribution in [-0.4, -0.2) is 27.5 Å². The highest BCUT2D eigenvalue weighted by molar-refractivity contribution is 5.36. The van der Waals surface area contributed by atoms with Crippen LogP contribution in [-0.2, 0) is 0 Å². The first kappa shape index (κ1) is 32.3. The second kappa shape index (κ2) is 15.3. The summed E-state index contributed by atoms with van der Waals surface area (Å²) in [6.45, 7) is 4.08. The van der Waals surface area contributed by atoms with Gasteiger partial charge in [-0.25, -0.2) is 4.98 Å². The highest BCUT2D eigenvalue weighted by atomic mass is 15.2. The van der Waals surface area contributed by atoms with Gasteiger partial charge >= 0.3 is 0 Å². The first-order valence-corrected chi connectivity index (χ1v) is 17.7. The van der Waals surface area contributed by atoms with E-state index in [1.807, 2.05) is 12.1 Å². The Morgan fingerprint density at radius 2 is 1.10 bits per heavy atom. The van der Waals surface area contributed by atoms with Gasteiger partial charge in [-0.3, -0.25) is 4.90 Å². The minimum absolute atomic E-state index is 0.214. The van der Waals surface area contributed by atoms with Gasteiger partial charge < -0.3 is 4.57 Å². The van der Waals surface area contributed by atoms with Gasteiger partial charge in [0.1, 0.15) is 5.82 Å². The van der Waals surface area contributed by atoms with Crippen LogP contribution in [0.25, 0.3) is 0 Å². The number of imidazole rings is 1. The molecule has 2 atom stereocenters. The molecule has 4 nitrogen and oxygen atoms in total. The molecule has 244 valence electrons. The minimum Gasteiger partial charge on any atom is -0.323 e. The highest BCUT2D eigenvalue weighted by Crippen LogP contribution is 2.41. The molecule has 0 saturated carbocycles. The van der Waals surface area contributed by atoms with Gasteiger partial charge in [0.15, 0.2) is 0 Å². The maximum atomic E-state index is 9.40. The van der Waals surface area contributed by atoms with E-state index in [1.165, 1.54) is 33.5 Å². The molecule has 5 aromatic carbocycles. The topological polar surface area (TPSA) is 44.9 Å². The lowest BCUT2D eigenvalue weighted by Crippen LogP contribution is -2.37. The van der Waals surface area contributed by atoms with Crippen LogP contribution >= 0.6 is 0 Å². The molecule has 7 rings (SSSR count). The second-order valence-corrected chi connectivity index (χ2v) is 13.3. The lowest BCUT2D eigenvalue weighted by atomic mass is 9.86. The number of aromatic nitrogens is 2. The largest absolute Gasteiger partial charge is 0.323 e. The fourth-order valence-corrected chi connectivity index (χ4v) is 7.99. The molecule has 0 radical (unpaired) electrons. The summed E-state index contributed by atoms with van der Waals surface area (Å²) in [6, 6.07) is 54.9. The number of nitriles is 1. The molecule has 2 unspecified atom stereocenters. The van der Waals surface area contributed by atoms with Crippen molar-refractivity contribution >= 4 is 0 Å². The van der Waals surface area contributed by atoms with Crippen molar-refractivity contribution in [2.24, 2.45) is 0 Å². The van der Waals surface area contributed by atoms with Crippen molar-refractivity contribution in [3.63, 3.8) is 0 Å². The number of hydrogen-bond acceptors (Lipinski definition) is 3. The first-order chi connectivity index (χ1) is 24.2. The summed E-state index contributed by atoms with van der Waals surface area (Å²) in [5, 5.41) is 9.40. The van der Waals surface area contributed by atoms with Crippen LogP contribution in [0.4, 0.5) is 0 Å². The number of aryl methyl sites for hydroxylation is 1. The SMILES string of the molecule is Cc1ncc2n1C(c1ccc(C#N)cc1)CCC2N(CCC(c1ccccc1)c1ccccc1)CCC(c1ccccc1)c1ccccc1. The predicted molar refractivity (Wildman–Crippen MR) is 198 cm³/mol. The molecule has 0 aliphatic carbocycles. The van der Waals surface area contributed by atoms with Gasteiger partial charge in [-0.05, 0) is 85.6 Å². The van der Waals surface area contributed by atoms with Crippen molar-refractivity contribution in [3.05, 3.63) is 197 Å². The van der Waals surface area contributed by atoms with Gasteiger partial charge in [-0.1, -0.05) is 133 Å². The van der Waals surface area contributed by atoms with Crippen LogP contribution in [0.3, 0.4) is 0 Å². The van der Waals surface area contributed by atoms with Crippen LogP contribution in [0, 0.1) is 18.3 Å². The number of nitrogens with zero attached hydrogens (tertiary/aromatic N) is 4. The van der Waals surface area contributed by atoms with Crippen molar-refractivity contribution < 1.29 is 0 Å². The van der Waals surface area contributed by atoms with Gasteiger partial charge in [0.2, 0.25) is 0 Å². The Morgan fingerprint density at radius 1 is 0.653 bits per heavy atom. The van der Waals surface area contributed by atoms with Crippen molar-refractivity contribution in [2.75, 3.05) is 13.1 Å². The highest BCUT2D eigenvalue weighted by Gasteiger charge is 2.34. The Bertz CT molecular complexity index is 1780. The first-order valence-electron chi connectivity index (χ1n) is 17.7. The minimum atomic E-state index is 0.214. The molecule has 0 bridgehead atoms. The van der Waals surface area contributed by atoms with Crippen molar-refractivity contribution in [1.29, 1.82) is 5.26 Å². The van der Waals surface area contributed by atoms with Crippen molar-refractivity contribution in [1.82, 2.24) is 14.5 Å². The van der Waals surface area contributed by atoms with Gasteiger partial charge in [-0.2, -0.15) is 5.26 Å². The zero-order valence-corrected chi connectivity index (χ0v) is 28.3. The second-order valence-electron chi connectivity index (χ2n) is 13.3. The third-order valence-corrected chi connectivity index (χ3v) is 10.5. The van der Waals surface area contributed by atoms with Crippen molar-refractivity contribution in [2.45, 2.75) is 56.5 Å². The Hall–Kier alpha value is -5.24. The van der Waals surface area contributed by atoms with Gasteiger partial charge in [0, 0.05) is 11.8 Å². The average molecular weight is 641 g/mol. The molecule has 1 aliphatic rings. The zero-order valence-electron chi connectivity index (χ0n) is 28.3. The maximum absolute atomic E-state index is 9.40. The molecular formula is C45H44N4. The van der Waals surface area contributed by atoms with E-state index in [0.717, 1.165) is 44.6 Å². The molecule has 4 heteroatoms. The van der Waals surface area contributed by atoms with E-state index in [9.17, 15) is 5.26 Å². The van der Waals surface area contributed by atoms with Crippen LogP contribution < -0.4 is 0 Å². The molecule has 0 fully saturated rings. The van der Waals surface area contributed by atoms with Crippen molar-refractivity contribution in [3.8, 4) is 6.07 Å². The summed E-state index contributed by atoms with van der Waals surface area (Å²) in [5.74, 6) is 1.67. The summed E-state index contributed by atoms with van der Waals surface area (Å²) >= 11 is 0. The molecule has 0 amide bonds. The normalized spacial score (nSPS) is 15.7. The Balaban J connectivity index is 1.23. The third kappa shape index (κ3) is 7.28. The monoisotopic (exact) mass is 640 g/mol. The molecule has 6 aromatic rings. The van der Waals surface area contributed by atoms with Gasteiger partial charge in [0.25, 0.3) is 0 Å². The Kier molecular flexibility index (Phi) is 10.1. The maximum Gasteiger partial charge on any atom is 0.106 e. The van der Waals surface area contributed by atoms with E-state index < -0.39 is 0 Å². The summed E-state index contributed by atoms with van der Waals surface area (Å²) in [5.41, 5.74) is 8.70. The molecule has 49 heavy (non-hydrogen) atoms. The summed E-state index contributed by atoms with van der Waals surface area (Å²) in [6.07, 6.45) is 6.26. The Labute approximate surface area is 291 Å². The van der Waals surface area contributed by atoms with Gasteiger partial charge in [0.05, 0.1) is 35.6 Å². The molecule has 2 heterocycles. The van der Waals surface area contributed by atoms with Crippen LogP contribution in [0.1, 0.15) is 94.5 Å². The van der Waals surface area contributed by atoms with E-state index in [1.54, 1.807) is 0 Å². The smallest absolute Gasteiger partial charge is 0.106 e. The summed E-state index contributed by atoms with van der Waals surface area (Å²) in [7, 11) is 0. The fraction of sp³-hybridized carbons (Fsp3) is 0.244. The number of hydrogen-bond donors (Lipinski definition) is 0. The van der Waals surface area contributed by atoms with E-state index >= 15 is 0 Å². The van der Waals surface area contributed by atoms with E-state index in [4.69, 9.17) is 4.98 Å². The molecule has 1 aromatic heterocycles. The average Bonchev–Trinajstić information content (AvgIpc) is 3.57.